The molecule has 2 aromatic heterocycles. The second-order valence-corrected chi connectivity index (χ2v) is 5.78. The lowest BCUT2D eigenvalue weighted by atomic mass is 10.1. The molecular formula is C14H16F3N3OS. The summed E-state index contributed by atoms with van der Waals surface area (Å²) in [6.07, 6.45) is -3.69. The fraction of sp³-hybridized carbons (Fsp3) is 0.429. The van der Waals surface area contributed by atoms with E-state index < -0.39 is 11.7 Å². The summed E-state index contributed by atoms with van der Waals surface area (Å²) in [5, 5.41) is 5.85. The molecule has 0 fully saturated rings. The van der Waals surface area contributed by atoms with Gasteiger partial charge in [-0.2, -0.15) is 13.2 Å². The Hall–Kier alpha value is -1.83. The van der Waals surface area contributed by atoms with Crippen LogP contribution in [0.2, 0.25) is 0 Å². The molecule has 0 saturated heterocycles. The monoisotopic (exact) mass is 331 g/mol. The highest BCUT2D eigenvalue weighted by Crippen LogP contribution is 2.39. The number of alkyl halides is 3. The van der Waals surface area contributed by atoms with Crippen molar-refractivity contribution >= 4 is 33.1 Å². The van der Waals surface area contributed by atoms with Gasteiger partial charge < -0.3 is 10.6 Å². The molecule has 2 rings (SSSR count). The highest BCUT2D eigenvalue weighted by Gasteiger charge is 2.34. The Morgan fingerprint density at radius 3 is 2.64 bits per heavy atom. The fourth-order valence-corrected chi connectivity index (χ4v) is 3.25. The molecule has 0 aromatic carbocycles. The predicted octanol–water partition coefficient (Wildman–Crippen LogP) is 3.81. The minimum Gasteiger partial charge on any atom is -0.386 e. The van der Waals surface area contributed by atoms with Crippen LogP contribution in [0.3, 0.4) is 0 Å². The van der Waals surface area contributed by atoms with Gasteiger partial charge in [-0.25, -0.2) is 4.98 Å². The molecule has 0 aliphatic rings. The van der Waals surface area contributed by atoms with Crippen molar-refractivity contribution in [1.82, 2.24) is 10.3 Å². The minimum atomic E-state index is -4.47. The van der Waals surface area contributed by atoms with Crippen LogP contribution in [-0.2, 0) is 6.18 Å². The van der Waals surface area contributed by atoms with Crippen molar-refractivity contribution < 1.29 is 18.0 Å². The molecule has 0 saturated carbocycles. The van der Waals surface area contributed by atoms with Crippen LogP contribution >= 0.6 is 11.3 Å². The van der Waals surface area contributed by atoms with Gasteiger partial charge in [0.25, 0.3) is 5.91 Å². The van der Waals surface area contributed by atoms with E-state index in [-0.39, 0.29) is 11.6 Å². The molecule has 2 aromatic rings. The summed E-state index contributed by atoms with van der Waals surface area (Å²) >= 11 is 1.09. The first kappa shape index (κ1) is 16.5. The first-order chi connectivity index (χ1) is 10.3. The van der Waals surface area contributed by atoms with Gasteiger partial charge in [-0.3, -0.25) is 4.79 Å². The number of rotatable bonds is 4. The summed E-state index contributed by atoms with van der Waals surface area (Å²) in [5.74, 6) is -0.305. The average Bonchev–Trinajstić information content (AvgIpc) is 2.80. The summed E-state index contributed by atoms with van der Waals surface area (Å²) in [6.45, 7) is 3.75. The normalized spacial score (nSPS) is 11.7. The number of amides is 1. The van der Waals surface area contributed by atoms with Gasteiger partial charge in [0, 0.05) is 19.0 Å². The average molecular weight is 331 g/mol. The molecule has 2 heterocycles. The van der Waals surface area contributed by atoms with Crippen LogP contribution in [0, 0.1) is 6.92 Å². The molecule has 4 nitrogen and oxygen atoms in total. The molecule has 0 atom stereocenters. The zero-order chi connectivity index (χ0) is 16.5. The topological polar surface area (TPSA) is 54.0 Å². The van der Waals surface area contributed by atoms with E-state index in [4.69, 9.17) is 0 Å². The quantitative estimate of drug-likeness (QED) is 0.896. The highest BCUT2D eigenvalue weighted by atomic mass is 32.1. The van der Waals surface area contributed by atoms with Gasteiger partial charge in [-0.1, -0.05) is 6.92 Å². The van der Waals surface area contributed by atoms with Crippen molar-refractivity contribution in [2.75, 3.05) is 18.9 Å². The number of aryl methyl sites for hydroxylation is 1. The van der Waals surface area contributed by atoms with E-state index in [9.17, 15) is 18.0 Å². The van der Waals surface area contributed by atoms with Crippen LogP contribution < -0.4 is 10.6 Å². The molecule has 0 unspecified atom stereocenters. The number of carbonyl (C=O) groups excluding carboxylic acids is 1. The number of pyridine rings is 1. The number of fused-ring (bicyclic) bond motifs is 1. The Morgan fingerprint density at radius 2 is 2.09 bits per heavy atom. The largest absolute Gasteiger partial charge is 0.418 e. The van der Waals surface area contributed by atoms with Gasteiger partial charge >= 0.3 is 6.18 Å². The predicted molar refractivity (Wildman–Crippen MR) is 81.5 cm³/mol. The number of anilines is 1. The zero-order valence-corrected chi connectivity index (χ0v) is 13.2. The standard InChI is InChI=1S/C14H16F3N3OS/c1-4-5-19-12(21)11-10(18-3)8-6-9(14(15,16)17)7(2)20-13(8)22-11/h6,18H,4-5H2,1-3H3,(H,19,21). The summed E-state index contributed by atoms with van der Waals surface area (Å²) in [5.41, 5.74) is -0.495. The number of nitrogens with zero attached hydrogens (tertiary/aromatic N) is 1. The zero-order valence-electron chi connectivity index (χ0n) is 12.4. The lowest BCUT2D eigenvalue weighted by Gasteiger charge is -2.10. The van der Waals surface area contributed by atoms with Crippen LogP contribution in [0.4, 0.5) is 18.9 Å². The van der Waals surface area contributed by atoms with Crippen molar-refractivity contribution in [2.24, 2.45) is 0 Å². The van der Waals surface area contributed by atoms with E-state index in [0.717, 1.165) is 23.8 Å². The molecule has 0 radical (unpaired) electrons. The molecule has 2 N–H and O–H groups in total. The van der Waals surface area contributed by atoms with Crippen molar-refractivity contribution in [3.8, 4) is 0 Å². The maximum absolute atomic E-state index is 13.0. The number of hydrogen-bond acceptors (Lipinski definition) is 4. The highest BCUT2D eigenvalue weighted by molar-refractivity contribution is 7.21. The fourth-order valence-electron chi connectivity index (χ4n) is 2.12. The van der Waals surface area contributed by atoms with Gasteiger partial charge in [0.05, 0.1) is 16.9 Å². The van der Waals surface area contributed by atoms with E-state index in [1.165, 1.54) is 6.92 Å². The van der Waals surface area contributed by atoms with Crippen LogP contribution in [0.5, 0.6) is 0 Å². The van der Waals surface area contributed by atoms with Gasteiger partial charge in [0.15, 0.2) is 0 Å². The van der Waals surface area contributed by atoms with Gasteiger partial charge in [0.1, 0.15) is 9.71 Å². The number of carbonyl (C=O) groups is 1. The second kappa shape index (κ2) is 6.12. The van der Waals surface area contributed by atoms with E-state index in [1.807, 2.05) is 6.92 Å². The maximum Gasteiger partial charge on any atom is 0.418 e. The summed E-state index contributed by atoms with van der Waals surface area (Å²) in [7, 11) is 1.57. The Balaban J connectivity index is 2.60. The van der Waals surface area contributed by atoms with Gasteiger partial charge in [-0.15, -0.1) is 11.3 Å². The van der Waals surface area contributed by atoms with Crippen LogP contribution in [0.1, 0.15) is 34.3 Å². The Labute approximate surface area is 129 Å². The molecule has 22 heavy (non-hydrogen) atoms. The Kier molecular flexibility index (Phi) is 4.60. The van der Waals surface area contributed by atoms with E-state index in [0.29, 0.717) is 27.3 Å². The number of aromatic nitrogens is 1. The molecule has 0 spiro atoms. The molecule has 120 valence electrons. The van der Waals surface area contributed by atoms with E-state index in [2.05, 4.69) is 15.6 Å². The van der Waals surface area contributed by atoms with E-state index in [1.54, 1.807) is 7.05 Å². The Bertz CT molecular complexity index is 709. The SMILES string of the molecule is CCCNC(=O)c1sc2nc(C)c(C(F)(F)F)cc2c1NC. The van der Waals surface area contributed by atoms with Crippen LogP contribution in [-0.4, -0.2) is 24.5 Å². The van der Waals surface area contributed by atoms with Gasteiger partial charge in [-0.05, 0) is 19.4 Å². The Morgan fingerprint density at radius 1 is 1.41 bits per heavy atom. The second-order valence-electron chi connectivity index (χ2n) is 4.78. The summed E-state index contributed by atoms with van der Waals surface area (Å²) < 4.78 is 39.0. The van der Waals surface area contributed by atoms with Crippen molar-refractivity contribution in [1.29, 1.82) is 0 Å². The van der Waals surface area contributed by atoms with Crippen LogP contribution in [0.25, 0.3) is 10.2 Å². The number of halogens is 3. The molecule has 1 amide bonds. The lowest BCUT2D eigenvalue weighted by Crippen LogP contribution is -2.23. The minimum absolute atomic E-state index is 0.0931. The van der Waals surface area contributed by atoms with Crippen molar-refractivity contribution in [2.45, 2.75) is 26.4 Å². The first-order valence-corrected chi connectivity index (χ1v) is 7.58. The lowest BCUT2D eigenvalue weighted by molar-refractivity contribution is -0.138. The third-order valence-electron chi connectivity index (χ3n) is 3.17. The molecule has 8 heteroatoms. The maximum atomic E-state index is 13.0. The first-order valence-electron chi connectivity index (χ1n) is 6.76. The third kappa shape index (κ3) is 3.01. The molecule has 0 aliphatic carbocycles. The summed E-state index contributed by atoms with van der Waals surface area (Å²) in [6, 6.07) is 1.05. The van der Waals surface area contributed by atoms with Crippen molar-refractivity contribution in [3.05, 3.63) is 22.2 Å². The molecule has 0 bridgehead atoms. The van der Waals surface area contributed by atoms with Gasteiger partial charge in [0.2, 0.25) is 0 Å². The third-order valence-corrected chi connectivity index (χ3v) is 4.27. The summed E-state index contributed by atoms with van der Waals surface area (Å²) in [4.78, 5) is 16.9. The number of hydrogen-bond donors (Lipinski definition) is 2. The van der Waals surface area contributed by atoms with Crippen molar-refractivity contribution in [3.63, 3.8) is 0 Å². The van der Waals surface area contributed by atoms with Crippen LogP contribution in [0.15, 0.2) is 6.07 Å². The number of thiophene rings is 1. The molecule has 0 aliphatic heterocycles. The smallest absolute Gasteiger partial charge is 0.386 e. The molecular weight excluding hydrogens is 315 g/mol. The number of nitrogens with one attached hydrogen (secondary N) is 2. The van der Waals surface area contributed by atoms with E-state index >= 15 is 0 Å².